The van der Waals surface area contributed by atoms with Gasteiger partial charge in [-0.1, -0.05) is 0 Å². The first-order valence-corrected chi connectivity index (χ1v) is 10.9. The Morgan fingerprint density at radius 2 is 1.60 bits per heavy atom. The minimum absolute atomic E-state index is 0.372. The van der Waals surface area contributed by atoms with Crippen molar-refractivity contribution >= 4 is 5.91 Å². The van der Waals surface area contributed by atoms with E-state index in [1.807, 2.05) is 0 Å². The van der Waals surface area contributed by atoms with Crippen LogP contribution in [-0.4, -0.2) is 60.1 Å². The van der Waals surface area contributed by atoms with Crippen LogP contribution in [0, 0.1) is 17.8 Å². The lowest BCUT2D eigenvalue weighted by Gasteiger charge is -2.47. The van der Waals surface area contributed by atoms with E-state index in [4.69, 9.17) is 4.74 Å². The molecule has 3 aliphatic carbocycles. The molecule has 4 nitrogen and oxygen atoms in total. The molecule has 0 aromatic heterocycles. The van der Waals surface area contributed by atoms with Crippen molar-refractivity contribution in [2.24, 2.45) is 17.8 Å². The van der Waals surface area contributed by atoms with Crippen molar-refractivity contribution in [2.75, 3.05) is 32.8 Å². The van der Waals surface area contributed by atoms with E-state index in [2.05, 4.69) is 9.80 Å². The summed E-state index contributed by atoms with van der Waals surface area (Å²) in [7, 11) is 0. The van der Waals surface area contributed by atoms with E-state index < -0.39 is 0 Å². The van der Waals surface area contributed by atoms with Crippen LogP contribution in [0.2, 0.25) is 0 Å². The lowest BCUT2D eigenvalue weighted by molar-refractivity contribution is -0.135. The van der Waals surface area contributed by atoms with E-state index >= 15 is 0 Å². The largest absolute Gasteiger partial charge is 0.380 e. The van der Waals surface area contributed by atoms with Crippen LogP contribution in [0.25, 0.3) is 0 Å². The maximum Gasteiger partial charge on any atom is 0.225 e. The second-order valence-corrected chi connectivity index (χ2v) is 9.59. The fourth-order valence-electron chi connectivity index (χ4n) is 5.14. The normalized spacial score (nSPS) is 32.5. The van der Waals surface area contributed by atoms with Crippen LogP contribution in [0.4, 0.5) is 0 Å². The molecule has 0 aromatic rings. The molecule has 1 atom stereocenters. The number of likely N-dealkylation sites (tertiary alicyclic amines) is 2. The summed E-state index contributed by atoms with van der Waals surface area (Å²) in [6, 6.07) is 0.630. The van der Waals surface area contributed by atoms with Crippen LogP contribution < -0.4 is 0 Å². The summed E-state index contributed by atoms with van der Waals surface area (Å²) < 4.78 is 6.10. The molecule has 25 heavy (non-hydrogen) atoms. The summed E-state index contributed by atoms with van der Waals surface area (Å²) in [4.78, 5) is 17.4. The molecule has 4 heteroatoms. The van der Waals surface area contributed by atoms with Gasteiger partial charge in [-0.25, -0.2) is 0 Å². The van der Waals surface area contributed by atoms with Crippen LogP contribution in [0.15, 0.2) is 0 Å². The number of hydrogen-bond donors (Lipinski definition) is 0. The van der Waals surface area contributed by atoms with E-state index in [-0.39, 0.29) is 0 Å². The molecule has 0 bridgehead atoms. The summed E-state index contributed by atoms with van der Waals surface area (Å²) in [5.41, 5.74) is 0.372. The molecular formula is C21H34N2O2. The molecule has 2 heterocycles. The number of carbonyl (C=O) groups excluding carboxylic acids is 1. The fourth-order valence-corrected chi connectivity index (χ4v) is 5.14. The SMILES string of the molecule is O=C(C1CC1)N1CCC2(CC[C@H](COCC3CC3)N2CC2CC2)CC1. The average molecular weight is 347 g/mol. The number of rotatable bonds is 7. The second kappa shape index (κ2) is 6.53. The summed E-state index contributed by atoms with van der Waals surface area (Å²) in [6.45, 7) is 5.20. The van der Waals surface area contributed by atoms with Crippen LogP contribution in [0.3, 0.4) is 0 Å². The lowest BCUT2D eigenvalue weighted by Crippen LogP contribution is -2.56. The minimum Gasteiger partial charge on any atom is -0.380 e. The molecule has 5 rings (SSSR count). The highest BCUT2D eigenvalue weighted by molar-refractivity contribution is 5.81. The smallest absolute Gasteiger partial charge is 0.225 e. The van der Waals surface area contributed by atoms with E-state index in [1.165, 1.54) is 57.9 Å². The number of nitrogens with zero attached hydrogens (tertiary/aromatic N) is 2. The monoisotopic (exact) mass is 346 g/mol. The predicted molar refractivity (Wildman–Crippen MR) is 97.3 cm³/mol. The highest BCUT2D eigenvalue weighted by Gasteiger charge is 2.50. The molecule has 3 saturated carbocycles. The molecular weight excluding hydrogens is 312 g/mol. The number of carbonyl (C=O) groups is 1. The van der Waals surface area contributed by atoms with Gasteiger partial charge in [0, 0.05) is 43.7 Å². The number of piperidine rings is 1. The highest BCUT2D eigenvalue weighted by atomic mass is 16.5. The Bertz CT molecular complexity index is 502. The third-order valence-electron chi connectivity index (χ3n) is 7.44. The van der Waals surface area contributed by atoms with Crippen molar-refractivity contribution < 1.29 is 9.53 Å². The van der Waals surface area contributed by atoms with E-state index in [0.29, 0.717) is 23.4 Å². The number of hydrogen-bond acceptors (Lipinski definition) is 3. The van der Waals surface area contributed by atoms with Gasteiger partial charge in [0.2, 0.25) is 5.91 Å². The molecule has 0 radical (unpaired) electrons. The molecule has 1 amide bonds. The zero-order chi connectivity index (χ0) is 16.9. The number of amides is 1. The van der Waals surface area contributed by atoms with Gasteiger partial charge in [0.1, 0.15) is 0 Å². The Labute approximate surface area is 152 Å². The molecule has 140 valence electrons. The second-order valence-electron chi connectivity index (χ2n) is 9.59. The third-order valence-corrected chi connectivity index (χ3v) is 7.44. The maximum absolute atomic E-state index is 12.4. The summed E-state index contributed by atoms with van der Waals surface area (Å²) >= 11 is 0. The minimum atomic E-state index is 0.372. The van der Waals surface area contributed by atoms with Gasteiger partial charge in [-0.3, -0.25) is 9.69 Å². The summed E-state index contributed by atoms with van der Waals surface area (Å²) in [5.74, 6) is 2.63. The van der Waals surface area contributed by atoms with Crippen molar-refractivity contribution in [3.63, 3.8) is 0 Å². The maximum atomic E-state index is 12.4. The van der Waals surface area contributed by atoms with Crippen LogP contribution in [0.5, 0.6) is 0 Å². The first-order valence-electron chi connectivity index (χ1n) is 10.9. The Morgan fingerprint density at radius 1 is 0.880 bits per heavy atom. The zero-order valence-electron chi connectivity index (χ0n) is 15.6. The molecule has 5 aliphatic rings. The van der Waals surface area contributed by atoms with Crippen molar-refractivity contribution in [1.29, 1.82) is 0 Å². The van der Waals surface area contributed by atoms with Crippen molar-refractivity contribution in [1.82, 2.24) is 9.80 Å². The first kappa shape index (κ1) is 16.6. The van der Waals surface area contributed by atoms with Gasteiger partial charge in [0.25, 0.3) is 0 Å². The van der Waals surface area contributed by atoms with Crippen molar-refractivity contribution in [2.45, 2.75) is 75.8 Å². The van der Waals surface area contributed by atoms with Crippen LogP contribution in [0.1, 0.15) is 64.2 Å². The highest BCUT2D eigenvalue weighted by Crippen LogP contribution is 2.45. The van der Waals surface area contributed by atoms with E-state index in [1.54, 1.807) is 0 Å². The third kappa shape index (κ3) is 3.62. The quantitative estimate of drug-likeness (QED) is 0.710. The van der Waals surface area contributed by atoms with E-state index in [0.717, 1.165) is 51.0 Å². The van der Waals surface area contributed by atoms with Crippen molar-refractivity contribution in [3.05, 3.63) is 0 Å². The van der Waals surface area contributed by atoms with Crippen molar-refractivity contribution in [3.8, 4) is 0 Å². The van der Waals surface area contributed by atoms with Gasteiger partial charge in [0.05, 0.1) is 6.61 Å². The van der Waals surface area contributed by atoms with Gasteiger partial charge < -0.3 is 9.64 Å². The van der Waals surface area contributed by atoms with Crippen LogP contribution >= 0.6 is 0 Å². The molecule has 0 N–H and O–H groups in total. The Hall–Kier alpha value is -0.610. The Morgan fingerprint density at radius 3 is 2.24 bits per heavy atom. The first-order chi connectivity index (χ1) is 12.2. The molecule has 0 aromatic carbocycles. The number of ether oxygens (including phenoxy) is 1. The molecule has 0 unspecified atom stereocenters. The van der Waals surface area contributed by atoms with Gasteiger partial charge in [-0.2, -0.15) is 0 Å². The van der Waals surface area contributed by atoms with Crippen LogP contribution in [-0.2, 0) is 9.53 Å². The average Bonchev–Trinajstić information content (AvgIpc) is 3.46. The summed E-state index contributed by atoms with van der Waals surface area (Å²) in [5, 5.41) is 0. The van der Waals surface area contributed by atoms with Gasteiger partial charge in [0.15, 0.2) is 0 Å². The van der Waals surface area contributed by atoms with E-state index in [9.17, 15) is 4.79 Å². The fraction of sp³-hybridized carbons (Fsp3) is 0.952. The van der Waals surface area contributed by atoms with Gasteiger partial charge in [-0.15, -0.1) is 0 Å². The molecule has 5 fully saturated rings. The molecule has 2 aliphatic heterocycles. The van der Waals surface area contributed by atoms with Gasteiger partial charge in [-0.05, 0) is 76.0 Å². The standard InChI is InChI=1S/C21H34N2O2/c24-20(18-5-6-18)22-11-9-21(10-12-22)8-7-19(15-25-14-17-3-4-17)23(21)13-16-1-2-16/h16-19H,1-15H2/t19-/m1/s1. The molecule has 1 spiro atoms. The summed E-state index contributed by atoms with van der Waals surface area (Å²) in [6.07, 6.45) is 12.9. The topological polar surface area (TPSA) is 32.8 Å². The zero-order valence-corrected chi connectivity index (χ0v) is 15.6. The Balaban J connectivity index is 1.20. The van der Waals surface area contributed by atoms with Gasteiger partial charge >= 0.3 is 0 Å². The lowest BCUT2D eigenvalue weighted by atomic mass is 9.84. The molecule has 2 saturated heterocycles. The predicted octanol–water partition coefficient (Wildman–Crippen LogP) is 3.06. The Kier molecular flexibility index (Phi) is 4.32.